The van der Waals surface area contributed by atoms with Gasteiger partial charge in [-0.3, -0.25) is 9.59 Å². The maximum absolute atomic E-state index is 11.9. The number of carbonyl (C=O) groups excluding carboxylic acids is 2. The Labute approximate surface area is 111 Å². The molecule has 18 heavy (non-hydrogen) atoms. The summed E-state index contributed by atoms with van der Waals surface area (Å²) in [5.74, 6) is -1.22. The van der Waals surface area contributed by atoms with Crippen molar-refractivity contribution in [3.05, 3.63) is 0 Å². The first-order valence-electron chi connectivity index (χ1n) is 6.06. The molecule has 1 saturated heterocycles. The third kappa shape index (κ3) is 3.48. The molecule has 1 aliphatic rings. The van der Waals surface area contributed by atoms with Gasteiger partial charge < -0.3 is 10.0 Å². The Bertz CT molecular complexity index is 358. The van der Waals surface area contributed by atoms with Crippen molar-refractivity contribution in [3.63, 3.8) is 0 Å². The number of thioether (sulfide) groups is 1. The van der Waals surface area contributed by atoms with Crippen LogP contribution in [0.4, 0.5) is 0 Å². The summed E-state index contributed by atoms with van der Waals surface area (Å²) in [5.41, 5.74) is 0. The molecule has 5 nitrogen and oxygen atoms in total. The standard InChI is InChI=1S/C12H19NO4S/c1-4-7(2)11(12(16)17)13-6-9(5-10(13)15)18-8(3)14/h7,9,11H,4-6H2,1-3H3,(H,16,17)/t7-,9?,11-/m0/s1. The minimum atomic E-state index is -0.967. The fraction of sp³-hybridized carbons (Fsp3) is 0.750. The van der Waals surface area contributed by atoms with Crippen molar-refractivity contribution in [2.24, 2.45) is 5.92 Å². The summed E-state index contributed by atoms with van der Waals surface area (Å²) in [6, 6.07) is -0.778. The van der Waals surface area contributed by atoms with Gasteiger partial charge >= 0.3 is 5.97 Å². The van der Waals surface area contributed by atoms with Crippen LogP contribution in [0.3, 0.4) is 0 Å². The van der Waals surface area contributed by atoms with Crippen LogP contribution < -0.4 is 0 Å². The number of hydrogen-bond donors (Lipinski definition) is 1. The largest absolute Gasteiger partial charge is 0.480 e. The van der Waals surface area contributed by atoms with Crippen molar-refractivity contribution in [3.8, 4) is 0 Å². The average Bonchev–Trinajstić information content (AvgIpc) is 2.58. The molecule has 0 aromatic carbocycles. The summed E-state index contributed by atoms with van der Waals surface area (Å²) >= 11 is 1.12. The molecule has 0 spiro atoms. The van der Waals surface area contributed by atoms with Gasteiger partial charge in [0.15, 0.2) is 5.12 Å². The SMILES string of the molecule is CC[C@H](C)[C@@H](C(=O)O)N1CC(SC(C)=O)CC1=O. The molecular formula is C12H19NO4S. The highest BCUT2D eigenvalue weighted by molar-refractivity contribution is 8.14. The van der Waals surface area contributed by atoms with Crippen LogP contribution in [-0.2, 0) is 14.4 Å². The third-order valence-electron chi connectivity index (χ3n) is 3.23. The van der Waals surface area contributed by atoms with E-state index in [1.54, 1.807) is 0 Å². The van der Waals surface area contributed by atoms with Crippen molar-refractivity contribution in [2.45, 2.75) is 44.9 Å². The fourth-order valence-electron chi connectivity index (χ4n) is 2.19. The normalized spacial score (nSPS) is 22.9. The Hall–Kier alpha value is -1.04. The lowest BCUT2D eigenvalue weighted by Crippen LogP contribution is -2.46. The molecule has 102 valence electrons. The second kappa shape index (κ2) is 6.22. The number of carbonyl (C=O) groups is 3. The summed E-state index contributed by atoms with van der Waals surface area (Å²) in [4.78, 5) is 35.6. The topological polar surface area (TPSA) is 74.7 Å². The van der Waals surface area contributed by atoms with Crippen LogP contribution in [0.2, 0.25) is 0 Å². The van der Waals surface area contributed by atoms with E-state index in [9.17, 15) is 19.5 Å². The molecule has 1 aliphatic heterocycles. The Kier molecular flexibility index (Phi) is 5.19. The predicted molar refractivity (Wildman–Crippen MR) is 69.3 cm³/mol. The number of carboxylic acids is 1. The van der Waals surface area contributed by atoms with Crippen LogP contribution >= 0.6 is 11.8 Å². The first kappa shape index (κ1) is 15.0. The van der Waals surface area contributed by atoms with Gasteiger partial charge in [0.25, 0.3) is 0 Å². The zero-order valence-electron chi connectivity index (χ0n) is 10.9. The molecule has 1 N–H and O–H groups in total. The van der Waals surface area contributed by atoms with E-state index in [-0.39, 0.29) is 28.6 Å². The van der Waals surface area contributed by atoms with E-state index in [0.29, 0.717) is 13.0 Å². The van der Waals surface area contributed by atoms with Crippen molar-refractivity contribution >= 4 is 28.8 Å². The maximum Gasteiger partial charge on any atom is 0.326 e. The van der Waals surface area contributed by atoms with E-state index in [1.807, 2.05) is 13.8 Å². The quantitative estimate of drug-likeness (QED) is 0.818. The Morgan fingerprint density at radius 3 is 2.61 bits per heavy atom. The Morgan fingerprint density at radius 1 is 1.56 bits per heavy atom. The number of nitrogens with zero attached hydrogens (tertiary/aromatic N) is 1. The minimum absolute atomic E-state index is 0.0370. The number of hydrogen-bond acceptors (Lipinski definition) is 4. The van der Waals surface area contributed by atoms with Gasteiger partial charge in [-0.05, 0) is 5.92 Å². The highest BCUT2D eigenvalue weighted by Gasteiger charge is 2.40. The van der Waals surface area contributed by atoms with Gasteiger partial charge in [0.05, 0.1) is 0 Å². The number of likely N-dealkylation sites (tertiary alicyclic amines) is 1. The summed E-state index contributed by atoms with van der Waals surface area (Å²) < 4.78 is 0. The van der Waals surface area contributed by atoms with Crippen LogP contribution in [0.25, 0.3) is 0 Å². The monoisotopic (exact) mass is 273 g/mol. The number of aliphatic carboxylic acids is 1. The van der Waals surface area contributed by atoms with Crippen LogP contribution in [-0.4, -0.2) is 44.8 Å². The zero-order chi connectivity index (χ0) is 13.9. The van der Waals surface area contributed by atoms with Gasteiger partial charge in [-0.15, -0.1) is 0 Å². The molecule has 1 unspecified atom stereocenters. The Balaban J connectivity index is 2.78. The van der Waals surface area contributed by atoms with E-state index in [0.717, 1.165) is 11.8 Å². The van der Waals surface area contributed by atoms with Crippen molar-refractivity contribution in [2.75, 3.05) is 6.54 Å². The molecule has 0 aromatic rings. The molecule has 1 amide bonds. The summed E-state index contributed by atoms with van der Waals surface area (Å²) in [7, 11) is 0. The molecule has 0 aliphatic carbocycles. The van der Waals surface area contributed by atoms with E-state index in [4.69, 9.17) is 0 Å². The van der Waals surface area contributed by atoms with Crippen LogP contribution in [0, 0.1) is 5.92 Å². The van der Waals surface area contributed by atoms with Crippen LogP contribution in [0.15, 0.2) is 0 Å². The fourth-order valence-corrected chi connectivity index (χ4v) is 3.12. The van der Waals surface area contributed by atoms with Crippen molar-refractivity contribution in [1.82, 2.24) is 4.90 Å². The first-order valence-corrected chi connectivity index (χ1v) is 6.94. The predicted octanol–water partition coefficient (Wildman–Crippen LogP) is 1.37. The molecule has 1 rings (SSSR count). The summed E-state index contributed by atoms with van der Waals surface area (Å²) in [6.07, 6.45) is 0.954. The van der Waals surface area contributed by atoms with Gasteiger partial charge in [0.1, 0.15) is 6.04 Å². The van der Waals surface area contributed by atoms with Gasteiger partial charge in [-0.1, -0.05) is 32.0 Å². The lowest BCUT2D eigenvalue weighted by molar-refractivity contribution is -0.150. The molecule has 0 saturated carbocycles. The summed E-state index contributed by atoms with van der Waals surface area (Å²) in [6.45, 7) is 5.55. The van der Waals surface area contributed by atoms with Crippen molar-refractivity contribution < 1.29 is 19.5 Å². The maximum atomic E-state index is 11.9. The van der Waals surface area contributed by atoms with Crippen molar-refractivity contribution in [1.29, 1.82) is 0 Å². The number of amides is 1. The van der Waals surface area contributed by atoms with E-state index >= 15 is 0 Å². The molecule has 1 fully saturated rings. The number of carboxylic acid groups (broad SMARTS) is 1. The molecule has 0 bridgehead atoms. The molecular weight excluding hydrogens is 254 g/mol. The molecule has 0 aromatic heterocycles. The first-order chi connectivity index (χ1) is 8.36. The zero-order valence-corrected chi connectivity index (χ0v) is 11.7. The lowest BCUT2D eigenvalue weighted by atomic mass is 9.98. The summed E-state index contributed by atoms with van der Waals surface area (Å²) in [5, 5.41) is 9.11. The van der Waals surface area contributed by atoms with E-state index < -0.39 is 12.0 Å². The third-order valence-corrected chi connectivity index (χ3v) is 4.21. The average molecular weight is 273 g/mol. The van der Waals surface area contributed by atoms with E-state index in [1.165, 1.54) is 11.8 Å². The Morgan fingerprint density at radius 2 is 2.17 bits per heavy atom. The van der Waals surface area contributed by atoms with Crippen LogP contribution in [0.5, 0.6) is 0 Å². The highest BCUT2D eigenvalue weighted by atomic mass is 32.2. The van der Waals surface area contributed by atoms with E-state index in [2.05, 4.69) is 0 Å². The van der Waals surface area contributed by atoms with Crippen LogP contribution in [0.1, 0.15) is 33.6 Å². The molecule has 3 atom stereocenters. The molecule has 6 heteroatoms. The minimum Gasteiger partial charge on any atom is -0.480 e. The number of rotatable bonds is 5. The second-order valence-electron chi connectivity index (χ2n) is 4.65. The lowest BCUT2D eigenvalue weighted by Gasteiger charge is -2.28. The van der Waals surface area contributed by atoms with Gasteiger partial charge in [-0.25, -0.2) is 4.79 Å². The molecule has 0 radical (unpaired) electrons. The molecule has 1 heterocycles. The van der Waals surface area contributed by atoms with Gasteiger partial charge in [-0.2, -0.15) is 0 Å². The highest BCUT2D eigenvalue weighted by Crippen LogP contribution is 2.28. The smallest absolute Gasteiger partial charge is 0.326 e. The van der Waals surface area contributed by atoms with Gasteiger partial charge in [0, 0.05) is 25.1 Å². The van der Waals surface area contributed by atoms with Gasteiger partial charge in [0.2, 0.25) is 5.91 Å². The second-order valence-corrected chi connectivity index (χ2v) is 6.13.